The van der Waals surface area contributed by atoms with Crippen molar-refractivity contribution in [2.75, 3.05) is 0 Å². The number of aromatic nitrogens is 2. The number of carboxylic acid groups (broad SMARTS) is 1. The van der Waals surface area contributed by atoms with Gasteiger partial charge in [0.15, 0.2) is 0 Å². The fourth-order valence-electron chi connectivity index (χ4n) is 1.55. The summed E-state index contributed by atoms with van der Waals surface area (Å²) in [5, 5.41) is 8.88. The molecule has 0 aliphatic heterocycles. The number of H-pyrrole nitrogens is 1. The summed E-state index contributed by atoms with van der Waals surface area (Å²) in [7, 11) is 0. The second-order valence-corrected chi connectivity index (χ2v) is 3.24. The van der Waals surface area contributed by atoms with Crippen LogP contribution in [-0.4, -0.2) is 21.0 Å². The molecule has 0 spiro atoms. The summed E-state index contributed by atoms with van der Waals surface area (Å²) >= 11 is 0. The van der Waals surface area contributed by atoms with Gasteiger partial charge < -0.3 is 10.1 Å². The van der Waals surface area contributed by atoms with Crippen LogP contribution in [0.15, 0.2) is 30.7 Å². The summed E-state index contributed by atoms with van der Waals surface area (Å²) in [6.07, 6.45) is 5.07. The van der Waals surface area contributed by atoms with Crippen LogP contribution < -0.4 is 0 Å². The second-order valence-electron chi connectivity index (χ2n) is 3.24. The van der Waals surface area contributed by atoms with Crippen molar-refractivity contribution in [3.8, 4) is 11.1 Å². The monoisotopic (exact) mass is 232 g/mol. The molecule has 0 aliphatic carbocycles. The van der Waals surface area contributed by atoms with Gasteiger partial charge in [0.2, 0.25) is 0 Å². The third kappa shape index (κ3) is 2.72. The van der Waals surface area contributed by atoms with Crippen molar-refractivity contribution in [3.05, 3.63) is 42.0 Å². The molecule has 17 heavy (non-hydrogen) atoms. The van der Waals surface area contributed by atoms with Crippen LogP contribution in [-0.2, 0) is 0 Å². The SMILES string of the molecule is CC.Cc1c(-c2ccncc2)c[nH]c1C(=O)O. The first kappa shape index (κ1) is 13.0. The summed E-state index contributed by atoms with van der Waals surface area (Å²) in [5.41, 5.74) is 2.84. The van der Waals surface area contributed by atoms with Crippen molar-refractivity contribution in [1.82, 2.24) is 9.97 Å². The Balaban J connectivity index is 0.000000686. The number of aromatic carboxylic acids is 1. The number of aromatic amines is 1. The summed E-state index contributed by atoms with van der Waals surface area (Å²) < 4.78 is 0. The molecule has 2 rings (SSSR count). The fourth-order valence-corrected chi connectivity index (χ4v) is 1.55. The van der Waals surface area contributed by atoms with Gasteiger partial charge in [0.1, 0.15) is 5.69 Å². The maximum Gasteiger partial charge on any atom is 0.352 e. The second kappa shape index (κ2) is 5.84. The Morgan fingerprint density at radius 3 is 2.35 bits per heavy atom. The molecule has 0 radical (unpaired) electrons. The average molecular weight is 232 g/mol. The highest BCUT2D eigenvalue weighted by molar-refractivity contribution is 5.90. The van der Waals surface area contributed by atoms with E-state index in [1.165, 1.54) is 0 Å². The Morgan fingerprint density at radius 1 is 1.29 bits per heavy atom. The van der Waals surface area contributed by atoms with Gasteiger partial charge in [-0.1, -0.05) is 13.8 Å². The molecule has 0 aromatic carbocycles. The number of pyridine rings is 1. The lowest BCUT2D eigenvalue weighted by Gasteiger charge is -1.99. The molecule has 0 atom stereocenters. The van der Waals surface area contributed by atoms with Crippen molar-refractivity contribution in [1.29, 1.82) is 0 Å². The summed E-state index contributed by atoms with van der Waals surface area (Å²) in [6, 6.07) is 3.70. The Bertz CT molecular complexity index is 489. The van der Waals surface area contributed by atoms with Crippen molar-refractivity contribution in [2.45, 2.75) is 20.8 Å². The molecule has 0 saturated carbocycles. The summed E-state index contributed by atoms with van der Waals surface area (Å²) in [4.78, 5) is 17.5. The van der Waals surface area contributed by atoms with E-state index in [1.54, 1.807) is 25.5 Å². The number of hydrogen-bond acceptors (Lipinski definition) is 2. The van der Waals surface area contributed by atoms with Crippen LogP contribution in [0.25, 0.3) is 11.1 Å². The van der Waals surface area contributed by atoms with Crippen LogP contribution >= 0.6 is 0 Å². The van der Waals surface area contributed by atoms with Crippen LogP contribution in [0.2, 0.25) is 0 Å². The molecule has 2 heterocycles. The van der Waals surface area contributed by atoms with Gasteiger partial charge in [-0.3, -0.25) is 4.98 Å². The van der Waals surface area contributed by atoms with Gasteiger partial charge in [-0.25, -0.2) is 4.79 Å². The van der Waals surface area contributed by atoms with Crippen LogP contribution in [0.1, 0.15) is 29.9 Å². The first-order valence-corrected chi connectivity index (χ1v) is 5.52. The molecule has 0 unspecified atom stereocenters. The van der Waals surface area contributed by atoms with Crippen molar-refractivity contribution in [3.63, 3.8) is 0 Å². The normalized spacial score (nSPS) is 9.35. The van der Waals surface area contributed by atoms with Gasteiger partial charge in [-0.15, -0.1) is 0 Å². The van der Waals surface area contributed by atoms with E-state index in [0.717, 1.165) is 16.7 Å². The number of carbonyl (C=O) groups is 1. The average Bonchev–Trinajstić information content (AvgIpc) is 2.75. The van der Waals surface area contributed by atoms with E-state index < -0.39 is 5.97 Å². The zero-order chi connectivity index (χ0) is 12.8. The Kier molecular flexibility index (Phi) is 4.46. The Hall–Kier alpha value is -2.10. The van der Waals surface area contributed by atoms with Crippen LogP contribution in [0.5, 0.6) is 0 Å². The van der Waals surface area contributed by atoms with E-state index >= 15 is 0 Å². The lowest BCUT2D eigenvalue weighted by molar-refractivity contribution is 0.0690. The molecule has 0 amide bonds. The molecule has 2 N–H and O–H groups in total. The number of rotatable bonds is 2. The largest absolute Gasteiger partial charge is 0.477 e. The van der Waals surface area contributed by atoms with Gasteiger partial charge >= 0.3 is 5.97 Å². The van der Waals surface area contributed by atoms with Gasteiger partial charge in [0.05, 0.1) is 0 Å². The first-order chi connectivity index (χ1) is 8.20. The standard InChI is InChI=1S/C11H10N2O2.C2H6/c1-7-9(6-13-10(7)11(14)15)8-2-4-12-5-3-8;1-2/h2-6,13H,1H3,(H,14,15);1-2H3. The highest BCUT2D eigenvalue weighted by Gasteiger charge is 2.13. The van der Waals surface area contributed by atoms with E-state index in [0.29, 0.717) is 0 Å². The first-order valence-electron chi connectivity index (χ1n) is 5.52. The number of nitrogens with zero attached hydrogens (tertiary/aromatic N) is 1. The lowest BCUT2D eigenvalue weighted by Crippen LogP contribution is -1.98. The van der Waals surface area contributed by atoms with Gasteiger partial charge in [-0.2, -0.15) is 0 Å². The molecule has 4 nitrogen and oxygen atoms in total. The van der Waals surface area contributed by atoms with E-state index in [2.05, 4.69) is 9.97 Å². The van der Waals surface area contributed by atoms with E-state index in [9.17, 15) is 4.79 Å². The molecule has 4 heteroatoms. The molecule has 0 aliphatic rings. The predicted octanol–water partition coefficient (Wildman–Crippen LogP) is 3.11. The van der Waals surface area contributed by atoms with Crippen molar-refractivity contribution >= 4 is 5.97 Å². The van der Waals surface area contributed by atoms with Gasteiger partial charge in [0, 0.05) is 24.2 Å². The van der Waals surface area contributed by atoms with Gasteiger partial charge in [-0.05, 0) is 30.2 Å². The molecular weight excluding hydrogens is 216 g/mol. The molecular formula is C13H16N2O2. The minimum Gasteiger partial charge on any atom is -0.477 e. The molecule has 2 aromatic heterocycles. The van der Waals surface area contributed by atoms with Gasteiger partial charge in [0.25, 0.3) is 0 Å². The maximum atomic E-state index is 10.8. The highest BCUT2D eigenvalue weighted by atomic mass is 16.4. The highest BCUT2D eigenvalue weighted by Crippen LogP contribution is 2.24. The minimum absolute atomic E-state index is 0.238. The van der Waals surface area contributed by atoms with E-state index in [1.807, 2.05) is 26.0 Å². The van der Waals surface area contributed by atoms with Crippen LogP contribution in [0, 0.1) is 6.92 Å². The molecule has 0 saturated heterocycles. The van der Waals surface area contributed by atoms with Crippen molar-refractivity contribution < 1.29 is 9.90 Å². The van der Waals surface area contributed by atoms with Crippen LogP contribution in [0.3, 0.4) is 0 Å². The van der Waals surface area contributed by atoms with Crippen LogP contribution in [0.4, 0.5) is 0 Å². The molecule has 0 fully saturated rings. The maximum absolute atomic E-state index is 10.8. The summed E-state index contributed by atoms with van der Waals surface area (Å²) in [5.74, 6) is -0.937. The molecule has 2 aromatic rings. The van der Waals surface area contributed by atoms with E-state index in [-0.39, 0.29) is 5.69 Å². The third-order valence-corrected chi connectivity index (χ3v) is 2.35. The smallest absolute Gasteiger partial charge is 0.352 e. The van der Waals surface area contributed by atoms with Crippen molar-refractivity contribution in [2.24, 2.45) is 0 Å². The Morgan fingerprint density at radius 2 is 1.88 bits per heavy atom. The summed E-state index contributed by atoms with van der Waals surface area (Å²) in [6.45, 7) is 5.79. The topological polar surface area (TPSA) is 66.0 Å². The fraction of sp³-hybridized carbons (Fsp3) is 0.231. The molecule has 90 valence electrons. The Labute approximate surface area is 100 Å². The zero-order valence-corrected chi connectivity index (χ0v) is 10.2. The zero-order valence-electron chi connectivity index (χ0n) is 10.2. The number of hydrogen-bond donors (Lipinski definition) is 2. The number of nitrogens with one attached hydrogen (secondary N) is 1. The quantitative estimate of drug-likeness (QED) is 0.836. The minimum atomic E-state index is -0.937. The predicted molar refractivity (Wildman–Crippen MR) is 67.1 cm³/mol. The lowest BCUT2D eigenvalue weighted by atomic mass is 10.1. The third-order valence-electron chi connectivity index (χ3n) is 2.35. The molecule has 0 bridgehead atoms. The number of carboxylic acids is 1. The van der Waals surface area contributed by atoms with E-state index in [4.69, 9.17) is 5.11 Å².